The van der Waals surface area contributed by atoms with Crippen LogP contribution in [0.25, 0.3) is 0 Å². The van der Waals surface area contributed by atoms with Gasteiger partial charge in [-0.2, -0.15) is 0 Å². The van der Waals surface area contributed by atoms with Crippen molar-refractivity contribution in [3.05, 3.63) is 38.5 Å². The lowest BCUT2D eigenvalue weighted by atomic mass is 9.97. The zero-order valence-corrected chi connectivity index (χ0v) is 20.9. The number of nitrogens with one attached hydrogen (secondary N) is 2. The van der Waals surface area contributed by atoms with Crippen LogP contribution in [0.2, 0.25) is 0 Å². The first kappa shape index (κ1) is 23.6. The average Bonchev–Trinajstić information content (AvgIpc) is 3.33. The summed E-state index contributed by atoms with van der Waals surface area (Å²) in [6.45, 7) is 11.4. The minimum Gasteiger partial charge on any atom is -0.357 e. The average molecular weight is 534 g/mol. The third-order valence-corrected chi connectivity index (χ3v) is 6.81. The summed E-state index contributed by atoms with van der Waals surface area (Å²) in [5.74, 6) is 1.60. The van der Waals surface area contributed by atoms with E-state index in [1.807, 2.05) is 0 Å². The molecule has 0 radical (unpaired) electrons. The van der Waals surface area contributed by atoms with Crippen molar-refractivity contribution in [3.63, 3.8) is 0 Å². The van der Waals surface area contributed by atoms with Crippen molar-refractivity contribution < 1.29 is 0 Å². The number of nitrogens with zero attached hydrogens (tertiary/aromatic N) is 3. The van der Waals surface area contributed by atoms with Gasteiger partial charge in [-0.15, -0.1) is 46.7 Å². The zero-order valence-electron chi connectivity index (χ0n) is 17.0. The molecule has 28 heavy (non-hydrogen) atoms. The molecule has 1 aliphatic rings. The molecule has 2 aromatic heterocycles. The first-order valence-corrected chi connectivity index (χ1v) is 11.6. The standard InChI is InChI=1S/C20H31N5S2.HI/c1-4-21-20(23-15(2)19-6-5-11-26-19)22-12-17-7-9-25(10-8-17)13-18-14-27-16(3)24-18;/h5-6,11,14-15,17H,4,7-10,12-13H2,1-3H3,(H2,21,22,23);1H. The Hall–Kier alpha value is -0.710. The van der Waals surface area contributed by atoms with Gasteiger partial charge in [0.05, 0.1) is 16.7 Å². The lowest BCUT2D eigenvalue weighted by Crippen LogP contribution is -2.39. The van der Waals surface area contributed by atoms with Crippen LogP contribution in [0.4, 0.5) is 0 Å². The van der Waals surface area contributed by atoms with Crippen LogP contribution >= 0.6 is 46.7 Å². The van der Waals surface area contributed by atoms with Crippen molar-refractivity contribution in [1.82, 2.24) is 20.5 Å². The normalized spacial score (nSPS) is 17.2. The maximum atomic E-state index is 4.87. The van der Waals surface area contributed by atoms with Gasteiger partial charge in [0, 0.05) is 29.9 Å². The Morgan fingerprint density at radius 1 is 1.36 bits per heavy atom. The first-order valence-electron chi connectivity index (χ1n) is 9.85. The second-order valence-electron chi connectivity index (χ2n) is 7.18. The summed E-state index contributed by atoms with van der Waals surface area (Å²) in [6.07, 6.45) is 2.43. The number of aryl methyl sites for hydroxylation is 1. The monoisotopic (exact) mass is 533 g/mol. The van der Waals surface area contributed by atoms with Gasteiger partial charge in [-0.05, 0) is 64.1 Å². The zero-order chi connectivity index (χ0) is 19.1. The number of piperidine rings is 1. The van der Waals surface area contributed by atoms with Crippen LogP contribution < -0.4 is 10.6 Å². The van der Waals surface area contributed by atoms with Gasteiger partial charge in [-0.3, -0.25) is 9.89 Å². The highest BCUT2D eigenvalue weighted by atomic mass is 127. The Bertz CT molecular complexity index is 708. The van der Waals surface area contributed by atoms with Crippen LogP contribution in [0, 0.1) is 12.8 Å². The van der Waals surface area contributed by atoms with E-state index in [0.717, 1.165) is 43.7 Å². The van der Waals surface area contributed by atoms with Crippen molar-refractivity contribution >= 4 is 52.6 Å². The molecule has 1 fully saturated rings. The van der Waals surface area contributed by atoms with Crippen LogP contribution in [0.15, 0.2) is 27.9 Å². The van der Waals surface area contributed by atoms with E-state index in [-0.39, 0.29) is 30.0 Å². The fourth-order valence-electron chi connectivity index (χ4n) is 3.39. The molecule has 0 aliphatic carbocycles. The van der Waals surface area contributed by atoms with Crippen molar-refractivity contribution in [3.8, 4) is 0 Å². The van der Waals surface area contributed by atoms with Crippen molar-refractivity contribution in [1.29, 1.82) is 0 Å². The molecule has 0 spiro atoms. The fraction of sp³-hybridized carbons (Fsp3) is 0.600. The first-order chi connectivity index (χ1) is 13.1. The molecule has 0 saturated carbocycles. The van der Waals surface area contributed by atoms with E-state index in [0.29, 0.717) is 5.92 Å². The second-order valence-corrected chi connectivity index (χ2v) is 9.22. The number of likely N-dealkylation sites (tertiary alicyclic amines) is 1. The molecule has 2 aromatic rings. The molecular weight excluding hydrogens is 501 g/mol. The quantitative estimate of drug-likeness (QED) is 0.309. The predicted molar refractivity (Wildman–Crippen MR) is 132 cm³/mol. The highest BCUT2D eigenvalue weighted by Crippen LogP contribution is 2.21. The number of guanidine groups is 1. The number of thiophene rings is 1. The predicted octanol–water partition coefficient (Wildman–Crippen LogP) is 4.66. The maximum absolute atomic E-state index is 4.87. The topological polar surface area (TPSA) is 52.6 Å². The van der Waals surface area contributed by atoms with Crippen LogP contribution in [-0.4, -0.2) is 42.0 Å². The number of hydrogen-bond donors (Lipinski definition) is 2. The van der Waals surface area contributed by atoms with Gasteiger partial charge in [0.2, 0.25) is 0 Å². The molecule has 1 aliphatic heterocycles. The molecule has 5 nitrogen and oxygen atoms in total. The maximum Gasteiger partial charge on any atom is 0.191 e. The van der Waals surface area contributed by atoms with Crippen molar-refractivity contribution in [2.75, 3.05) is 26.2 Å². The summed E-state index contributed by atoms with van der Waals surface area (Å²) >= 11 is 3.53. The van der Waals surface area contributed by atoms with Gasteiger partial charge in [0.1, 0.15) is 0 Å². The molecule has 8 heteroatoms. The summed E-state index contributed by atoms with van der Waals surface area (Å²) in [5, 5.41) is 12.4. The molecule has 3 rings (SSSR count). The van der Waals surface area contributed by atoms with E-state index in [4.69, 9.17) is 4.99 Å². The molecule has 1 atom stereocenters. The van der Waals surface area contributed by atoms with Gasteiger partial charge in [-0.25, -0.2) is 4.98 Å². The number of hydrogen-bond acceptors (Lipinski definition) is 5. The Kier molecular flexibility index (Phi) is 10.2. The fourth-order valence-corrected chi connectivity index (χ4v) is 4.73. The van der Waals surface area contributed by atoms with Gasteiger partial charge < -0.3 is 10.6 Å². The van der Waals surface area contributed by atoms with E-state index in [1.165, 1.54) is 23.4 Å². The number of aromatic nitrogens is 1. The Morgan fingerprint density at radius 3 is 2.75 bits per heavy atom. The second kappa shape index (κ2) is 12.1. The number of thiazole rings is 1. The number of rotatable bonds is 7. The highest BCUT2D eigenvalue weighted by molar-refractivity contribution is 14.0. The molecule has 0 aromatic carbocycles. The molecule has 2 N–H and O–H groups in total. The van der Waals surface area contributed by atoms with Gasteiger partial charge >= 0.3 is 0 Å². The van der Waals surface area contributed by atoms with E-state index in [2.05, 4.69) is 64.2 Å². The van der Waals surface area contributed by atoms with E-state index >= 15 is 0 Å². The smallest absolute Gasteiger partial charge is 0.191 e. The summed E-state index contributed by atoms with van der Waals surface area (Å²) in [6, 6.07) is 4.56. The Labute approximate surface area is 194 Å². The molecule has 0 bridgehead atoms. The number of aliphatic imine (C=N–C) groups is 1. The summed E-state index contributed by atoms with van der Waals surface area (Å²) < 4.78 is 0. The molecule has 0 amide bonds. The highest BCUT2D eigenvalue weighted by Gasteiger charge is 2.20. The van der Waals surface area contributed by atoms with Gasteiger partial charge in [-0.1, -0.05) is 6.07 Å². The third kappa shape index (κ3) is 7.27. The van der Waals surface area contributed by atoms with Gasteiger partial charge in [0.25, 0.3) is 0 Å². The molecular formula is C20H32IN5S2. The third-order valence-electron chi connectivity index (χ3n) is 4.93. The summed E-state index contributed by atoms with van der Waals surface area (Å²) in [4.78, 5) is 13.3. The van der Waals surface area contributed by atoms with E-state index in [1.54, 1.807) is 22.7 Å². The van der Waals surface area contributed by atoms with Crippen LogP contribution in [0.5, 0.6) is 0 Å². The molecule has 156 valence electrons. The van der Waals surface area contributed by atoms with Crippen molar-refractivity contribution in [2.45, 2.75) is 46.2 Å². The molecule has 1 unspecified atom stereocenters. The SMILES string of the molecule is CCNC(=NCC1CCN(Cc2csc(C)n2)CC1)NC(C)c1cccs1.I. The van der Waals surface area contributed by atoms with Crippen LogP contribution in [-0.2, 0) is 6.54 Å². The van der Waals surface area contributed by atoms with Crippen LogP contribution in [0.1, 0.15) is 48.3 Å². The van der Waals surface area contributed by atoms with E-state index in [9.17, 15) is 0 Å². The van der Waals surface area contributed by atoms with E-state index < -0.39 is 0 Å². The van der Waals surface area contributed by atoms with Crippen molar-refractivity contribution in [2.24, 2.45) is 10.9 Å². The molecule has 1 saturated heterocycles. The lowest BCUT2D eigenvalue weighted by Gasteiger charge is -2.30. The Morgan fingerprint density at radius 2 is 2.14 bits per heavy atom. The lowest BCUT2D eigenvalue weighted by molar-refractivity contribution is 0.179. The molecule has 3 heterocycles. The largest absolute Gasteiger partial charge is 0.357 e. The summed E-state index contributed by atoms with van der Waals surface area (Å²) in [7, 11) is 0. The minimum absolute atomic E-state index is 0. The van der Waals surface area contributed by atoms with Crippen LogP contribution in [0.3, 0.4) is 0 Å². The minimum atomic E-state index is 0. The number of halogens is 1. The Balaban J connectivity index is 0.00000280. The summed E-state index contributed by atoms with van der Waals surface area (Å²) in [5.41, 5.74) is 1.22. The van der Waals surface area contributed by atoms with Gasteiger partial charge in [0.15, 0.2) is 5.96 Å².